The monoisotopic (exact) mass is 450 g/mol. The lowest BCUT2D eigenvalue weighted by Crippen LogP contribution is -2.15. The van der Waals surface area contributed by atoms with E-state index in [0.29, 0.717) is 18.1 Å². The first-order chi connectivity index (χ1) is 15.1. The lowest BCUT2D eigenvalue weighted by atomic mass is 10.2. The molecule has 6 N–H and O–H groups in total. The molecule has 0 aliphatic heterocycles. The first-order valence-electron chi connectivity index (χ1n) is 9.28. The van der Waals surface area contributed by atoms with Gasteiger partial charge in [0.2, 0.25) is 5.78 Å². The third kappa shape index (κ3) is 10.0. The van der Waals surface area contributed by atoms with E-state index in [1.165, 1.54) is 12.1 Å². The van der Waals surface area contributed by atoms with Crippen molar-refractivity contribution in [3.05, 3.63) is 47.8 Å². The fraction of sp³-hybridized carbons (Fsp3) is 0.250. The summed E-state index contributed by atoms with van der Waals surface area (Å²) in [6.07, 6.45) is -1.45. The van der Waals surface area contributed by atoms with Gasteiger partial charge in [0.05, 0.1) is 18.7 Å². The minimum atomic E-state index is -1.58. The van der Waals surface area contributed by atoms with Crippen LogP contribution in [-0.2, 0) is 25.7 Å². The number of pyridine rings is 1. The second kappa shape index (κ2) is 13.2. The van der Waals surface area contributed by atoms with Gasteiger partial charge in [-0.3, -0.25) is 14.9 Å². The molecule has 0 radical (unpaired) electrons. The number of aromatic nitrogens is 1. The Balaban J connectivity index is 0.000000433. The van der Waals surface area contributed by atoms with E-state index in [1.54, 1.807) is 31.2 Å². The van der Waals surface area contributed by atoms with E-state index in [9.17, 15) is 23.6 Å². The second-order valence-electron chi connectivity index (χ2n) is 6.08. The normalized spacial score (nSPS) is 9.69. The van der Waals surface area contributed by atoms with Gasteiger partial charge in [0, 0.05) is 13.0 Å². The van der Waals surface area contributed by atoms with Gasteiger partial charge < -0.3 is 26.0 Å². The van der Waals surface area contributed by atoms with Crippen molar-refractivity contribution in [3.63, 3.8) is 0 Å². The van der Waals surface area contributed by atoms with Gasteiger partial charge in [-0.1, -0.05) is 12.1 Å². The Morgan fingerprint density at radius 3 is 2.25 bits per heavy atom. The van der Waals surface area contributed by atoms with Gasteiger partial charge in [-0.05, 0) is 36.8 Å². The zero-order valence-electron chi connectivity index (χ0n) is 17.1. The van der Waals surface area contributed by atoms with E-state index in [1.807, 2.05) is 0 Å². The highest BCUT2D eigenvalue weighted by Gasteiger charge is 2.12. The number of halogens is 1. The SMILES string of the molecule is CCOC(=O)Nc1ccc(NCc2ccc(F)cc2)nc1N.O=C(O)CCC(=O)C(=O)O. The number of nitrogens with two attached hydrogens (primary N) is 1. The lowest BCUT2D eigenvalue weighted by molar-refractivity contribution is -0.149. The van der Waals surface area contributed by atoms with Crippen molar-refractivity contribution in [2.75, 3.05) is 23.0 Å². The summed E-state index contributed by atoms with van der Waals surface area (Å²) < 4.78 is 17.6. The number of Topliss-reactive ketones (excluding diaryl/α,β-unsaturated/α-hetero) is 1. The van der Waals surface area contributed by atoms with E-state index in [-0.39, 0.29) is 18.2 Å². The number of rotatable bonds is 9. The lowest BCUT2D eigenvalue weighted by Gasteiger charge is -2.10. The molecule has 0 spiro atoms. The van der Waals surface area contributed by atoms with Crippen LogP contribution in [0.25, 0.3) is 0 Å². The predicted molar refractivity (Wildman–Crippen MR) is 113 cm³/mol. The molecule has 0 saturated carbocycles. The van der Waals surface area contributed by atoms with Crippen molar-refractivity contribution in [3.8, 4) is 0 Å². The fourth-order valence-electron chi connectivity index (χ4n) is 2.08. The Hall–Kier alpha value is -4.22. The number of hydrogen-bond donors (Lipinski definition) is 5. The number of hydrogen-bond acceptors (Lipinski definition) is 8. The zero-order valence-corrected chi connectivity index (χ0v) is 17.1. The van der Waals surface area contributed by atoms with Crippen molar-refractivity contribution in [2.24, 2.45) is 0 Å². The largest absolute Gasteiger partial charge is 0.481 e. The molecule has 1 aromatic heterocycles. The van der Waals surface area contributed by atoms with E-state index in [2.05, 4.69) is 15.6 Å². The van der Waals surface area contributed by atoms with Gasteiger partial charge in [-0.25, -0.2) is 19.0 Å². The molecule has 172 valence electrons. The number of carbonyl (C=O) groups excluding carboxylic acids is 2. The van der Waals surface area contributed by atoms with Crippen LogP contribution < -0.4 is 16.4 Å². The second-order valence-corrected chi connectivity index (χ2v) is 6.08. The van der Waals surface area contributed by atoms with E-state index in [0.717, 1.165) is 5.56 Å². The molecule has 2 rings (SSSR count). The molecule has 2 aromatic rings. The molecule has 11 nitrogen and oxygen atoms in total. The number of nitrogens with one attached hydrogen (secondary N) is 2. The minimum Gasteiger partial charge on any atom is -0.481 e. The number of carbonyl (C=O) groups is 4. The summed E-state index contributed by atoms with van der Waals surface area (Å²) in [5, 5.41) is 21.5. The Bertz CT molecular complexity index is 951. The van der Waals surface area contributed by atoms with E-state index in [4.69, 9.17) is 20.7 Å². The van der Waals surface area contributed by atoms with Crippen LogP contribution in [0.15, 0.2) is 36.4 Å². The molecule has 0 saturated heterocycles. The van der Waals surface area contributed by atoms with Crippen LogP contribution >= 0.6 is 0 Å². The van der Waals surface area contributed by atoms with Crippen LogP contribution in [-0.4, -0.2) is 45.6 Å². The Morgan fingerprint density at radius 2 is 1.72 bits per heavy atom. The third-order valence-corrected chi connectivity index (χ3v) is 3.63. The van der Waals surface area contributed by atoms with Gasteiger partial charge in [0.15, 0.2) is 0 Å². The number of carboxylic acids is 2. The molecular formula is C20H23FN4O7. The molecule has 0 unspecified atom stereocenters. The molecule has 12 heteroatoms. The molecule has 0 aliphatic carbocycles. The predicted octanol–water partition coefficient (Wildman–Crippen LogP) is 2.49. The molecule has 1 aromatic carbocycles. The first kappa shape index (κ1) is 25.8. The average molecular weight is 450 g/mol. The summed E-state index contributed by atoms with van der Waals surface area (Å²) in [7, 11) is 0. The molecule has 0 atom stereocenters. The topological polar surface area (TPSA) is 181 Å². The van der Waals surface area contributed by atoms with Crippen LogP contribution in [0.1, 0.15) is 25.3 Å². The van der Waals surface area contributed by atoms with E-state index < -0.39 is 36.7 Å². The Labute approximate surface area is 182 Å². The molecule has 0 bridgehead atoms. The number of ether oxygens (including phenoxy) is 1. The van der Waals surface area contributed by atoms with Crippen LogP contribution in [0.2, 0.25) is 0 Å². The third-order valence-electron chi connectivity index (χ3n) is 3.63. The molecular weight excluding hydrogens is 427 g/mol. The number of benzene rings is 1. The van der Waals surface area contributed by atoms with Gasteiger partial charge >= 0.3 is 18.0 Å². The number of nitrogen functional groups attached to an aromatic ring is 1. The zero-order chi connectivity index (χ0) is 24.1. The number of ketones is 1. The number of anilines is 3. The van der Waals surface area contributed by atoms with Crippen molar-refractivity contribution in [2.45, 2.75) is 26.3 Å². The average Bonchev–Trinajstić information content (AvgIpc) is 2.74. The van der Waals surface area contributed by atoms with Gasteiger partial charge in [-0.2, -0.15) is 0 Å². The Morgan fingerprint density at radius 1 is 1.06 bits per heavy atom. The maximum Gasteiger partial charge on any atom is 0.411 e. The summed E-state index contributed by atoms with van der Waals surface area (Å²) in [4.78, 5) is 45.2. The van der Waals surface area contributed by atoms with Crippen molar-refractivity contribution in [1.82, 2.24) is 4.98 Å². The maximum atomic E-state index is 12.8. The van der Waals surface area contributed by atoms with Crippen molar-refractivity contribution >= 4 is 41.1 Å². The molecule has 0 aliphatic rings. The quantitative estimate of drug-likeness (QED) is 0.356. The van der Waals surface area contributed by atoms with Crippen LogP contribution in [0, 0.1) is 5.82 Å². The smallest absolute Gasteiger partial charge is 0.411 e. The fourth-order valence-corrected chi connectivity index (χ4v) is 2.08. The van der Waals surface area contributed by atoms with Gasteiger partial charge in [0.1, 0.15) is 17.5 Å². The van der Waals surface area contributed by atoms with Crippen LogP contribution in [0.5, 0.6) is 0 Å². The summed E-state index contributed by atoms with van der Waals surface area (Å²) in [5.41, 5.74) is 7.08. The van der Waals surface area contributed by atoms with Crippen molar-refractivity contribution < 1.29 is 38.5 Å². The standard InChI is InChI=1S/C15H17FN4O2.C5H6O5/c1-2-22-15(21)19-12-7-8-13(20-14(12)17)18-9-10-3-5-11(16)6-4-10;6-3(5(9)10)1-2-4(7)8/h3-8H,2,9H2,1H3,(H,19,21)(H3,17,18,20);1-2H2,(H,7,8)(H,9,10). The summed E-state index contributed by atoms with van der Waals surface area (Å²) in [6, 6.07) is 9.47. The van der Waals surface area contributed by atoms with Crippen LogP contribution in [0.3, 0.4) is 0 Å². The van der Waals surface area contributed by atoms with E-state index >= 15 is 0 Å². The van der Waals surface area contributed by atoms with Gasteiger partial charge in [-0.15, -0.1) is 0 Å². The summed E-state index contributed by atoms with van der Waals surface area (Å²) >= 11 is 0. The number of amides is 1. The molecule has 1 amide bonds. The highest BCUT2D eigenvalue weighted by molar-refractivity contribution is 6.32. The number of nitrogens with zero attached hydrogens (tertiary/aromatic N) is 1. The van der Waals surface area contributed by atoms with Gasteiger partial charge in [0.25, 0.3) is 0 Å². The summed E-state index contributed by atoms with van der Waals surface area (Å²) in [5.74, 6) is -3.37. The van der Waals surface area contributed by atoms with Crippen LogP contribution in [0.4, 0.5) is 26.5 Å². The summed E-state index contributed by atoms with van der Waals surface area (Å²) in [6.45, 7) is 2.47. The highest BCUT2D eigenvalue weighted by Crippen LogP contribution is 2.19. The molecule has 1 heterocycles. The highest BCUT2D eigenvalue weighted by atomic mass is 19.1. The molecule has 32 heavy (non-hydrogen) atoms. The molecule has 0 fully saturated rings. The number of carboxylic acid groups (broad SMARTS) is 2. The minimum absolute atomic E-state index is 0.178. The first-order valence-corrected chi connectivity index (χ1v) is 9.28. The van der Waals surface area contributed by atoms with Crippen molar-refractivity contribution in [1.29, 1.82) is 0 Å². The Kier molecular flexibility index (Phi) is 10.6. The maximum absolute atomic E-state index is 12.8. The number of aliphatic carboxylic acids is 2.